The first-order valence-corrected chi connectivity index (χ1v) is 7.20. The summed E-state index contributed by atoms with van der Waals surface area (Å²) in [5.41, 5.74) is 5.07. The average molecular weight is 285 g/mol. The number of ether oxygens (including phenoxy) is 1. The highest BCUT2D eigenvalue weighted by Crippen LogP contribution is 2.32. The summed E-state index contributed by atoms with van der Waals surface area (Å²) in [5.74, 6) is -0.875. The van der Waals surface area contributed by atoms with Gasteiger partial charge in [0.2, 0.25) is 0 Å². The molecule has 1 aliphatic carbocycles. The molecule has 4 nitrogen and oxygen atoms in total. The zero-order valence-corrected chi connectivity index (χ0v) is 12.6. The lowest BCUT2D eigenvalue weighted by Crippen LogP contribution is -2.24. The molecule has 1 aliphatic rings. The molecule has 3 rings (SSSR count). The highest BCUT2D eigenvalue weighted by atomic mass is 16.5. The van der Waals surface area contributed by atoms with Crippen LogP contribution in [0.4, 0.5) is 0 Å². The first kappa shape index (κ1) is 14.0. The maximum Gasteiger partial charge on any atom is 0.336 e. The fraction of sp³-hybridized carbons (Fsp3) is 0.412. The largest absolute Gasteiger partial charge is 0.478 e. The Labute approximate surface area is 123 Å². The molecule has 1 N–H and O–H groups in total. The van der Waals surface area contributed by atoms with E-state index in [2.05, 4.69) is 0 Å². The average Bonchev–Trinajstić information content (AvgIpc) is 2.44. The van der Waals surface area contributed by atoms with Crippen LogP contribution < -0.4 is 0 Å². The normalized spacial score (nSPS) is 17.8. The van der Waals surface area contributed by atoms with Gasteiger partial charge in [0.15, 0.2) is 0 Å². The van der Waals surface area contributed by atoms with E-state index in [-0.39, 0.29) is 6.10 Å². The molecule has 110 valence electrons. The number of carbonyl (C=O) groups is 1. The SMILES string of the molecule is COC1CCc2nc3c(C)cc(C)cc3c(C(=O)O)c2C1. The number of carboxylic acids is 1. The predicted molar refractivity (Wildman–Crippen MR) is 81.0 cm³/mol. The molecule has 0 amide bonds. The van der Waals surface area contributed by atoms with Gasteiger partial charge in [0.05, 0.1) is 17.2 Å². The van der Waals surface area contributed by atoms with Gasteiger partial charge < -0.3 is 9.84 Å². The third-order valence-electron chi connectivity index (χ3n) is 4.29. The summed E-state index contributed by atoms with van der Waals surface area (Å²) < 4.78 is 5.42. The van der Waals surface area contributed by atoms with Crippen LogP contribution in [-0.4, -0.2) is 29.3 Å². The van der Waals surface area contributed by atoms with E-state index in [9.17, 15) is 9.90 Å². The molecule has 0 fully saturated rings. The topological polar surface area (TPSA) is 59.4 Å². The van der Waals surface area contributed by atoms with Crippen molar-refractivity contribution in [3.63, 3.8) is 0 Å². The second kappa shape index (κ2) is 5.11. The molecular formula is C17H19NO3. The number of aromatic carboxylic acids is 1. The molecule has 2 aromatic rings. The molecule has 0 radical (unpaired) electrons. The molecule has 1 aromatic heterocycles. The number of nitrogens with zero attached hydrogens (tertiary/aromatic N) is 1. The Morgan fingerprint density at radius 3 is 2.81 bits per heavy atom. The van der Waals surface area contributed by atoms with E-state index in [0.717, 1.165) is 46.1 Å². The molecule has 1 atom stereocenters. The number of rotatable bonds is 2. The van der Waals surface area contributed by atoms with Crippen LogP contribution in [-0.2, 0) is 17.6 Å². The number of benzene rings is 1. The quantitative estimate of drug-likeness (QED) is 0.921. The zero-order valence-electron chi connectivity index (χ0n) is 12.6. The Morgan fingerprint density at radius 1 is 1.38 bits per heavy atom. The van der Waals surface area contributed by atoms with E-state index >= 15 is 0 Å². The molecule has 1 heterocycles. The number of hydrogen-bond donors (Lipinski definition) is 1. The van der Waals surface area contributed by atoms with Crippen LogP contribution in [0.1, 0.15) is 39.2 Å². The Hall–Kier alpha value is -1.94. The lowest BCUT2D eigenvalue weighted by atomic mass is 9.87. The first-order chi connectivity index (χ1) is 10.0. The third kappa shape index (κ3) is 2.29. The Kier molecular flexibility index (Phi) is 3.41. The van der Waals surface area contributed by atoms with Gasteiger partial charge in [-0.25, -0.2) is 4.79 Å². The highest BCUT2D eigenvalue weighted by Gasteiger charge is 2.27. The van der Waals surface area contributed by atoms with Crippen molar-refractivity contribution in [3.8, 4) is 0 Å². The van der Waals surface area contributed by atoms with Crippen molar-refractivity contribution in [3.05, 3.63) is 40.1 Å². The number of pyridine rings is 1. The predicted octanol–water partition coefficient (Wildman–Crippen LogP) is 3.05. The monoisotopic (exact) mass is 285 g/mol. The van der Waals surface area contributed by atoms with Crippen molar-refractivity contribution in [2.45, 2.75) is 39.2 Å². The molecular weight excluding hydrogens is 266 g/mol. The second-order valence-electron chi connectivity index (χ2n) is 5.80. The van der Waals surface area contributed by atoms with Crippen LogP contribution in [0.3, 0.4) is 0 Å². The van der Waals surface area contributed by atoms with Crippen LogP contribution >= 0.6 is 0 Å². The summed E-state index contributed by atoms with van der Waals surface area (Å²) in [7, 11) is 1.68. The molecule has 21 heavy (non-hydrogen) atoms. The van der Waals surface area contributed by atoms with E-state index in [1.807, 2.05) is 26.0 Å². The van der Waals surface area contributed by atoms with Gasteiger partial charge >= 0.3 is 5.97 Å². The third-order valence-corrected chi connectivity index (χ3v) is 4.29. The summed E-state index contributed by atoms with van der Waals surface area (Å²) in [5, 5.41) is 10.5. The van der Waals surface area contributed by atoms with Crippen molar-refractivity contribution in [1.29, 1.82) is 0 Å². The van der Waals surface area contributed by atoms with Crippen molar-refractivity contribution in [1.82, 2.24) is 4.98 Å². The van der Waals surface area contributed by atoms with Gasteiger partial charge in [0, 0.05) is 24.6 Å². The molecule has 0 spiro atoms. The Bertz CT molecular complexity index is 737. The number of carboxylic acid groups (broad SMARTS) is 1. The second-order valence-corrected chi connectivity index (χ2v) is 5.80. The van der Waals surface area contributed by atoms with Crippen molar-refractivity contribution in [2.24, 2.45) is 0 Å². The van der Waals surface area contributed by atoms with Gasteiger partial charge in [0.25, 0.3) is 0 Å². The van der Waals surface area contributed by atoms with Crippen molar-refractivity contribution >= 4 is 16.9 Å². The van der Waals surface area contributed by atoms with Crippen LogP contribution in [0.5, 0.6) is 0 Å². The summed E-state index contributed by atoms with van der Waals surface area (Å²) in [4.78, 5) is 16.6. The minimum absolute atomic E-state index is 0.0840. The first-order valence-electron chi connectivity index (χ1n) is 7.20. The fourth-order valence-electron chi connectivity index (χ4n) is 3.31. The lowest BCUT2D eigenvalue weighted by Gasteiger charge is -2.25. The molecule has 0 aliphatic heterocycles. The summed E-state index contributed by atoms with van der Waals surface area (Å²) >= 11 is 0. The van der Waals surface area contributed by atoms with Crippen LogP contribution in [0.2, 0.25) is 0 Å². The minimum atomic E-state index is -0.875. The van der Waals surface area contributed by atoms with Crippen LogP contribution in [0.15, 0.2) is 12.1 Å². The van der Waals surface area contributed by atoms with E-state index in [0.29, 0.717) is 12.0 Å². The molecule has 1 unspecified atom stereocenters. The Balaban J connectivity index is 2.35. The van der Waals surface area contributed by atoms with E-state index in [1.165, 1.54) is 0 Å². The molecule has 0 saturated heterocycles. The standard InChI is InChI=1S/C17H19NO3/c1-9-6-10(2)16-13(7-9)15(17(19)20)12-8-11(21-3)4-5-14(12)18-16/h6-7,11H,4-5,8H2,1-3H3,(H,19,20). The van der Waals surface area contributed by atoms with Gasteiger partial charge in [-0.15, -0.1) is 0 Å². The van der Waals surface area contributed by atoms with E-state index in [1.54, 1.807) is 7.11 Å². The maximum absolute atomic E-state index is 11.8. The van der Waals surface area contributed by atoms with Crippen LogP contribution in [0.25, 0.3) is 10.9 Å². The Morgan fingerprint density at radius 2 is 2.14 bits per heavy atom. The maximum atomic E-state index is 11.8. The lowest BCUT2D eigenvalue weighted by molar-refractivity contribution is 0.0690. The number of methoxy groups -OCH3 is 1. The van der Waals surface area contributed by atoms with E-state index < -0.39 is 5.97 Å². The molecule has 0 bridgehead atoms. The molecule has 4 heteroatoms. The fourth-order valence-corrected chi connectivity index (χ4v) is 3.31. The number of hydrogen-bond acceptors (Lipinski definition) is 3. The number of aromatic nitrogens is 1. The van der Waals surface area contributed by atoms with Gasteiger partial charge in [0.1, 0.15) is 0 Å². The van der Waals surface area contributed by atoms with Gasteiger partial charge in [-0.3, -0.25) is 4.98 Å². The summed E-state index contributed by atoms with van der Waals surface area (Å²) in [6.07, 6.45) is 2.38. The number of fused-ring (bicyclic) bond motifs is 2. The van der Waals surface area contributed by atoms with Crippen molar-refractivity contribution in [2.75, 3.05) is 7.11 Å². The van der Waals surface area contributed by atoms with Gasteiger partial charge in [-0.1, -0.05) is 11.6 Å². The smallest absolute Gasteiger partial charge is 0.336 e. The zero-order chi connectivity index (χ0) is 15.1. The number of aryl methyl sites for hydroxylation is 3. The van der Waals surface area contributed by atoms with E-state index in [4.69, 9.17) is 9.72 Å². The van der Waals surface area contributed by atoms with Crippen LogP contribution in [0, 0.1) is 13.8 Å². The molecule has 1 aromatic carbocycles. The molecule has 0 saturated carbocycles. The minimum Gasteiger partial charge on any atom is -0.478 e. The summed E-state index contributed by atoms with van der Waals surface area (Å²) in [6, 6.07) is 3.98. The summed E-state index contributed by atoms with van der Waals surface area (Å²) in [6.45, 7) is 3.97. The van der Waals surface area contributed by atoms with Gasteiger partial charge in [-0.2, -0.15) is 0 Å². The highest BCUT2D eigenvalue weighted by molar-refractivity contribution is 6.05. The van der Waals surface area contributed by atoms with Crippen molar-refractivity contribution < 1.29 is 14.6 Å². The van der Waals surface area contributed by atoms with Gasteiger partial charge in [-0.05, 0) is 43.9 Å².